The maximum absolute atomic E-state index is 12.0. The van der Waals surface area contributed by atoms with Crippen molar-refractivity contribution in [2.75, 3.05) is 10.6 Å². The van der Waals surface area contributed by atoms with Crippen molar-refractivity contribution >= 4 is 34.8 Å². The average molecular weight is 324 g/mol. The van der Waals surface area contributed by atoms with Crippen LogP contribution >= 0.6 is 0 Å². The van der Waals surface area contributed by atoms with Crippen molar-refractivity contribution in [3.8, 4) is 0 Å². The summed E-state index contributed by atoms with van der Waals surface area (Å²) in [4.78, 5) is 34.2. The van der Waals surface area contributed by atoms with Crippen molar-refractivity contribution in [1.82, 2.24) is 0 Å². The first-order chi connectivity index (χ1) is 11.5. The molecule has 0 unspecified atom stereocenters. The van der Waals surface area contributed by atoms with Gasteiger partial charge in [-0.1, -0.05) is 18.2 Å². The third-order valence-corrected chi connectivity index (χ3v) is 3.57. The van der Waals surface area contributed by atoms with Crippen LogP contribution in [0, 0.1) is 0 Å². The number of carbonyl (C=O) groups is 3. The third kappa shape index (κ3) is 2.70. The monoisotopic (exact) mass is 324 g/mol. The van der Waals surface area contributed by atoms with E-state index in [1.807, 2.05) is 0 Å². The number of para-hydroxylation sites is 1. The molecule has 2 aromatic rings. The molecule has 0 atom stereocenters. The molecule has 2 aromatic carbocycles. The van der Waals surface area contributed by atoms with E-state index in [1.165, 1.54) is 24.4 Å². The van der Waals surface area contributed by atoms with E-state index in [-0.39, 0.29) is 17.0 Å². The van der Waals surface area contributed by atoms with Gasteiger partial charge in [-0.15, -0.1) is 0 Å². The molecule has 0 fully saturated rings. The Hall–Kier alpha value is -3.61. The fourth-order valence-electron chi connectivity index (χ4n) is 2.44. The molecule has 1 aliphatic heterocycles. The highest BCUT2D eigenvalue weighted by Gasteiger charge is 2.23. The molecule has 0 saturated carbocycles. The number of carboxylic acids is 2. The second-order valence-corrected chi connectivity index (χ2v) is 5.07. The minimum atomic E-state index is -1.34. The van der Waals surface area contributed by atoms with E-state index in [0.29, 0.717) is 16.9 Å². The summed E-state index contributed by atoms with van der Waals surface area (Å²) < 4.78 is 0. The van der Waals surface area contributed by atoms with Gasteiger partial charge in [0.15, 0.2) is 0 Å². The van der Waals surface area contributed by atoms with E-state index in [0.717, 1.165) is 5.56 Å². The summed E-state index contributed by atoms with van der Waals surface area (Å²) >= 11 is 0. The van der Waals surface area contributed by atoms with Gasteiger partial charge in [0, 0.05) is 23.1 Å². The number of aromatic carboxylic acids is 2. The number of hydrogen-bond donors (Lipinski definition) is 4. The summed E-state index contributed by atoms with van der Waals surface area (Å²) in [6, 6.07) is 11.0. The highest BCUT2D eigenvalue weighted by Crippen LogP contribution is 2.31. The predicted octanol–water partition coefficient (Wildman–Crippen LogP) is 2.49. The molecule has 0 radical (unpaired) electrons. The van der Waals surface area contributed by atoms with Crippen LogP contribution < -0.4 is 10.6 Å². The number of nitrogens with one attached hydrogen (secondary N) is 2. The number of benzene rings is 2. The SMILES string of the molecule is O=C1Nc2ccccc2C1=CNc1ccc(C(=O)O)c(C(=O)O)c1. The van der Waals surface area contributed by atoms with Crippen molar-refractivity contribution in [3.05, 3.63) is 65.4 Å². The minimum absolute atomic E-state index is 0.274. The smallest absolute Gasteiger partial charge is 0.336 e. The van der Waals surface area contributed by atoms with Gasteiger partial charge in [0.25, 0.3) is 5.91 Å². The highest BCUT2D eigenvalue weighted by molar-refractivity contribution is 6.31. The maximum atomic E-state index is 12.0. The van der Waals surface area contributed by atoms with Gasteiger partial charge >= 0.3 is 11.9 Å². The lowest BCUT2D eigenvalue weighted by molar-refractivity contribution is -0.110. The molecule has 4 N–H and O–H groups in total. The molecule has 0 spiro atoms. The Morgan fingerprint density at radius 1 is 1.00 bits per heavy atom. The van der Waals surface area contributed by atoms with E-state index in [1.54, 1.807) is 24.3 Å². The van der Waals surface area contributed by atoms with Crippen LogP contribution in [0.25, 0.3) is 5.57 Å². The van der Waals surface area contributed by atoms with Crippen LogP contribution in [0.1, 0.15) is 26.3 Å². The lowest BCUT2D eigenvalue weighted by atomic mass is 10.1. The van der Waals surface area contributed by atoms with Crippen LogP contribution in [-0.4, -0.2) is 28.1 Å². The van der Waals surface area contributed by atoms with Crippen LogP contribution in [0.2, 0.25) is 0 Å². The van der Waals surface area contributed by atoms with Gasteiger partial charge in [0.05, 0.1) is 16.7 Å². The van der Waals surface area contributed by atoms with Crippen LogP contribution in [0.5, 0.6) is 0 Å². The molecule has 0 bridgehead atoms. The fraction of sp³-hybridized carbons (Fsp3) is 0. The number of carboxylic acid groups (broad SMARTS) is 2. The van der Waals surface area contributed by atoms with Crippen molar-refractivity contribution in [3.63, 3.8) is 0 Å². The summed E-state index contributed by atoms with van der Waals surface area (Å²) in [5.74, 6) is -2.93. The molecule has 1 heterocycles. The van der Waals surface area contributed by atoms with E-state index in [4.69, 9.17) is 10.2 Å². The van der Waals surface area contributed by atoms with Gasteiger partial charge in [0.1, 0.15) is 0 Å². The largest absolute Gasteiger partial charge is 0.478 e. The molecule has 0 aromatic heterocycles. The average Bonchev–Trinajstić information content (AvgIpc) is 2.87. The molecule has 7 nitrogen and oxygen atoms in total. The Kier molecular flexibility index (Phi) is 3.75. The number of hydrogen-bond acceptors (Lipinski definition) is 4. The molecule has 1 aliphatic rings. The summed E-state index contributed by atoms with van der Waals surface area (Å²) in [7, 11) is 0. The molecule has 24 heavy (non-hydrogen) atoms. The summed E-state index contributed by atoms with van der Waals surface area (Å²) in [5.41, 5.74) is 1.57. The first-order valence-corrected chi connectivity index (χ1v) is 6.95. The first kappa shape index (κ1) is 15.3. The number of rotatable bonds is 4. The van der Waals surface area contributed by atoms with Gasteiger partial charge in [0.2, 0.25) is 0 Å². The van der Waals surface area contributed by atoms with Crippen molar-refractivity contribution in [1.29, 1.82) is 0 Å². The Bertz CT molecular complexity index is 902. The molecule has 0 saturated heterocycles. The standard InChI is InChI=1S/C17H12N2O5/c20-15-13(10-3-1-2-4-14(10)19-15)8-18-9-5-6-11(16(21)22)12(7-9)17(23)24/h1-8,18H,(H,19,20)(H,21,22)(H,23,24). The summed E-state index contributed by atoms with van der Waals surface area (Å²) in [6.07, 6.45) is 1.46. The molecule has 7 heteroatoms. The molecular weight excluding hydrogens is 312 g/mol. The Balaban J connectivity index is 1.92. The topological polar surface area (TPSA) is 116 Å². The number of fused-ring (bicyclic) bond motifs is 1. The molecule has 0 aliphatic carbocycles. The van der Waals surface area contributed by atoms with Crippen molar-refractivity contribution in [2.45, 2.75) is 0 Å². The number of anilines is 2. The quantitative estimate of drug-likeness (QED) is 0.642. The Morgan fingerprint density at radius 3 is 2.42 bits per heavy atom. The van der Waals surface area contributed by atoms with Crippen LogP contribution in [0.15, 0.2) is 48.7 Å². The van der Waals surface area contributed by atoms with Gasteiger partial charge < -0.3 is 20.8 Å². The van der Waals surface area contributed by atoms with E-state index >= 15 is 0 Å². The first-order valence-electron chi connectivity index (χ1n) is 6.95. The van der Waals surface area contributed by atoms with E-state index in [2.05, 4.69) is 10.6 Å². The second kappa shape index (κ2) is 5.88. The van der Waals surface area contributed by atoms with E-state index in [9.17, 15) is 14.4 Å². The van der Waals surface area contributed by atoms with Gasteiger partial charge in [-0.3, -0.25) is 4.79 Å². The zero-order chi connectivity index (χ0) is 17.3. The second-order valence-electron chi connectivity index (χ2n) is 5.07. The molecule has 120 valence electrons. The van der Waals surface area contributed by atoms with Gasteiger partial charge in [-0.2, -0.15) is 0 Å². The fourth-order valence-corrected chi connectivity index (χ4v) is 2.44. The third-order valence-electron chi connectivity index (χ3n) is 3.57. The zero-order valence-electron chi connectivity index (χ0n) is 12.2. The van der Waals surface area contributed by atoms with Gasteiger partial charge in [-0.25, -0.2) is 9.59 Å². The van der Waals surface area contributed by atoms with Crippen molar-refractivity contribution in [2.24, 2.45) is 0 Å². The number of amides is 1. The summed E-state index contributed by atoms with van der Waals surface area (Å²) in [6.45, 7) is 0. The lowest BCUT2D eigenvalue weighted by Gasteiger charge is -2.06. The minimum Gasteiger partial charge on any atom is -0.478 e. The number of carbonyl (C=O) groups excluding carboxylic acids is 1. The lowest BCUT2D eigenvalue weighted by Crippen LogP contribution is -2.09. The predicted molar refractivity (Wildman–Crippen MR) is 87.0 cm³/mol. The van der Waals surface area contributed by atoms with Crippen LogP contribution in [-0.2, 0) is 4.79 Å². The highest BCUT2D eigenvalue weighted by atomic mass is 16.4. The molecule has 3 rings (SSSR count). The maximum Gasteiger partial charge on any atom is 0.336 e. The molecular formula is C17H12N2O5. The molecule has 1 amide bonds. The van der Waals surface area contributed by atoms with E-state index < -0.39 is 11.9 Å². The Labute approximate surface area is 136 Å². The Morgan fingerprint density at radius 2 is 1.71 bits per heavy atom. The summed E-state index contributed by atoms with van der Waals surface area (Å²) in [5, 5.41) is 23.7. The normalized spacial score (nSPS) is 14.2. The zero-order valence-corrected chi connectivity index (χ0v) is 12.2. The van der Waals surface area contributed by atoms with Crippen LogP contribution in [0.4, 0.5) is 11.4 Å². The van der Waals surface area contributed by atoms with Crippen molar-refractivity contribution < 1.29 is 24.6 Å². The van der Waals surface area contributed by atoms with Gasteiger partial charge in [-0.05, 0) is 24.3 Å². The van der Waals surface area contributed by atoms with Crippen LogP contribution in [0.3, 0.4) is 0 Å².